The Bertz CT molecular complexity index is 440. The van der Waals surface area contributed by atoms with E-state index in [9.17, 15) is 0 Å². The molecule has 0 aliphatic rings. The molecule has 0 bridgehead atoms. The molecule has 0 aromatic carbocycles. The van der Waals surface area contributed by atoms with E-state index < -0.39 is 0 Å². The van der Waals surface area contributed by atoms with Gasteiger partial charge in [0.15, 0.2) is 0 Å². The van der Waals surface area contributed by atoms with Crippen LogP contribution in [-0.2, 0) is 0 Å². The summed E-state index contributed by atoms with van der Waals surface area (Å²) in [6, 6.07) is 1.72. The van der Waals surface area contributed by atoms with Crippen molar-refractivity contribution in [2.45, 2.75) is 13.8 Å². The third-order valence-electron chi connectivity index (χ3n) is 1.92. The molecule has 0 atom stereocenters. The molecule has 0 radical (unpaired) electrons. The second kappa shape index (κ2) is 3.10. The van der Waals surface area contributed by atoms with Crippen LogP contribution in [0.25, 0.3) is 5.82 Å². The number of nitrogens with zero attached hydrogens (tertiary/aromatic N) is 4. The van der Waals surface area contributed by atoms with Crippen LogP contribution in [0.2, 0.25) is 0 Å². The Kier molecular flexibility index (Phi) is 1.92. The van der Waals surface area contributed by atoms with Crippen molar-refractivity contribution in [1.29, 1.82) is 0 Å². The zero-order chi connectivity index (χ0) is 10.1. The zero-order valence-electron chi connectivity index (χ0n) is 8.10. The van der Waals surface area contributed by atoms with Crippen LogP contribution in [0.3, 0.4) is 0 Å². The summed E-state index contributed by atoms with van der Waals surface area (Å²) in [6.45, 7) is 3.72. The fourth-order valence-electron chi connectivity index (χ4n) is 1.32. The number of aryl methyl sites for hydroxylation is 2. The molecule has 0 aliphatic carbocycles. The number of nitrogens with two attached hydrogens (primary N) is 1. The van der Waals surface area contributed by atoms with Gasteiger partial charge >= 0.3 is 0 Å². The van der Waals surface area contributed by atoms with Gasteiger partial charge in [-0.15, -0.1) is 0 Å². The van der Waals surface area contributed by atoms with Crippen molar-refractivity contribution in [3.8, 4) is 5.82 Å². The highest BCUT2D eigenvalue weighted by Crippen LogP contribution is 2.09. The fourth-order valence-corrected chi connectivity index (χ4v) is 1.32. The minimum absolute atomic E-state index is 0.473. The number of rotatable bonds is 1. The van der Waals surface area contributed by atoms with E-state index in [0.29, 0.717) is 11.6 Å². The average Bonchev–Trinajstić information content (AvgIpc) is 2.49. The molecule has 2 heterocycles. The van der Waals surface area contributed by atoms with Gasteiger partial charge in [-0.2, -0.15) is 0 Å². The van der Waals surface area contributed by atoms with Crippen LogP contribution in [0.4, 0.5) is 5.82 Å². The quantitative estimate of drug-likeness (QED) is 0.722. The predicted octanol–water partition coefficient (Wildman–Crippen LogP) is 0.861. The van der Waals surface area contributed by atoms with Gasteiger partial charge in [-0.1, -0.05) is 0 Å². The van der Waals surface area contributed by atoms with Crippen LogP contribution in [0.5, 0.6) is 0 Å². The molecule has 2 aromatic rings. The number of hydrogen-bond donors (Lipinski definition) is 1. The molecule has 0 saturated heterocycles. The van der Waals surface area contributed by atoms with Gasteiger partial charge in [-0.3, -0.25) is 4.57 Å². The Hall–Kier alpha value is -1.91. The van der Waals surface area contributed by atoms with Crippen molar-refractivity contribution in [1.82, 2.24) is 19.5 Å². The third-order valence-corrected chi connectivity index (χ3v) is 1.92. The molecule has 2 N–H and O–H groups in total. The summed E-state index contributed by atoms with van der Waals surface area (Å²) in [7, 11) is 0. The van der Waals surface area contributed by atoms with E-state index in [1.165, 1.54) is 0 Å². The molecule has 5 nitrogen and oxygen atoms in total. The molecule has 0 fully saturated rings. The molecule has 5 heteroatoms. The summed E-state index contributed by atoms with van der Waals surface area (Å²) >= 11 is 0. The van der Waals surface area contributed by atoms with Crippen LogP contribution >= 0.6 is 0 Å². The Morgan fingerprint density at radius 1 is 1.29 bits per heavy atom. The molecular formula is C9H11N5. The maximum absolute atomic E-state index is 5.63. The van der Waals surface area contributed by atoms with Crippen molar-refractivity contribution >= 4 is 5.82 Å². The van der Waals surface area contributed by atoms with E-state index in [1.807, 2.05) is 24.6 Å². The van der Waals surface area contributed by atoms with Crippen molar-refractivity contribution < 1.29 is 0 Å². The predicted molar refractivity (Wildman–Crippen MR) is 53.0 cm³/mol. The van der Waals surface area contributed by atoms with Crippen molar-refractivity contribution in [2.24, 2.45) is 0 Å². The monoisotopic (exact) mass is 189 g/mol. The van der Waals surface area contributed by atoms with Gasteiger partial charge in [0.05, 0.1) is 0 Å². The van der Waals surface area contributed by atoms with Crippen molar-refractivity contribution in [3.63, 3.8) is 0 Å². The van der Waals surface area contributed by atoms with E-state index in [4.69, 9.17) is 5.73 Å². The number of hydrogen-bond acceptors (Lipinski definition) is 4. The number of imidazole rings is 1. The first-order valence-corrected chi connectivity index (χ1v) is 4.28. The molecule has 0 spiro atoms. The molecule has 0 amide bonds. The smallest absolute Gasteiger partial charge is 0.143 e. The van der Waals surface area contributed by atoms with Crippen molar-refractivity contribution in [3.05, 3.63) is 30.1 Å². The van der Waals surface area contributed by atoms with Crippen LogP contribution in [-0.4, -0.2) is 19.5 Å². The van der Waals surface area contributed by atoms with E-state index in [2.05, 4.69) is 15.0 Å². The normalized spacial score (nSPS) is 10.4. The molecular weight excluding hydrogens is 178 g/mol. The molecule has 2 rings (SSSR count). The SMILES string of the molecule is Cc1nc(N)cc(-n2ccnc2C)n1. The van der Waals surface area contributed by atoms with Crippen LogP contribution in [0.15, 0.2) is 18.5 Å². The lowest BCUT2D eigenvalue weighted by molar-refractivity contribution is 0.902. The minimum Gasteiger partial charge on any atom is -0.384 e. The van der Waals surface area contributed by atoms with Gasteiger partial charge in [0, 0.05) is 18.5 Å². The Morgan fingerprint density at radius 2 is 2.07 bits per heavy atom. The lowest BCUT2D eigenvalue weighted by Crippen LogP contribution is -2.03. The zero-order valence-corrected chi connectivity index (χ0v) is 8.10. The summed E-state index contributed by atoms with van der Waals surface area (Å²) in [5.41, 5.74) is 5.63. The molecule has 72 valence electrons. The topological polar surface area (TPSA) is 69.6 Å². The highest BCUT2D eigenvalue weighted by molar-refractivity contribution is 5.37. The second-order valence-electron chi connectivity index (χ2n) is 3.04. The highest BCUT2D eigenvalue weighted by atomic mass is 15.1. The maximum atomic E-state index is 5.63. The lowest BCUT2D eigenvalue weighted by atomic mass is 10.5. The molecule has 2 aromatic heterocycles. The van der Waals surface area contributed by atoms with Gasteiger partial charge in [0.1, 0.15) is 23.3 Å². The number of nitrogen functional groups attached to an aromatic ring is 1. The average molecular weight is 189 g/mol. The lowest BCUT2D eigenvalue weighted by Gasteiger charge is -2.05. The summed E-state index contributed by atoms with van der Waals surface area (Å²) in [4.78, 5) is 12.4. The standard InChI is InChI=1S/C9H11N5/c1-6-12-8(10)5-9(13-6)14-4-3-11-7(14)2/h3-5H,1-2H3,(H2,10,12,13). The Morgan fingerprint density at radius 3 is 2.64 bits per heavy atom. The van der Waals surface area contributed by atoms with Crippen molar-refractivity contribution in [2.75, 3.05) is 5.73 Å². The first-order chi connectivity index (χ1) is 6.66. The minimum atomic E-state index is 0.473. The van der Waals surface area contributed by atoms with E-state index >= 15 is 0 Å². The van der Waals surface area contributed by atoms with Crippen LogP contribution in [0, 0.1) is 13.8 Å². The summed E-state index contributed by atoms with van der Waals surface area (Å²) in [6.07, 6.45) is 3.57. The Balaban J connectivity index is 2.57. The number of anilines is 1. The van der Waals surface area contributed by atoms with Crippen LogP contribution in [0.1, 0.15) is 11.6 Å². The van der Waals surface area contributed by atoms with E-state index in [0.717, 1.165) is 11.6 Å². The molecule has 0 unspecified atom stereocenters. The molecule has 14 heavy (non-hydrogen) atoms. The highest BCUT2D eigenvalue weighted by Gasteiger charge is 2.03. The first-order valence-electron chi connectivity index (χ1n) is 4.28. The third kappa shape index (κ3) is 1.44. The molecule has 0 saturated carbocycles. The van der Waals surface area contributed by atoms with Gasteiger partial charge in [0.25, 0.3) is 0 Å². The summed E-state index contributed by atoms with van der Waals surface area (Å²) in [5, 5.41) is 0. The van der Waals surface area contributed by atoms with Gasteiger partial charge in [0.2, 0.25) is 0 Å². The second-order valence-corrected chi connectivity index (χ2v) is 3.04. The van der Waals surface area contributed by atoms with Gasteiger partial charge < -0.3 is 5.73 Å². The van der Waals surface area contributed by atoms with E-state index in [1.54, 1.807) is 12.3 Å². The summed E-state index contributed by atoms with van der Waals surface area (Å²) < 4.78 is 1.87. The molecule has 0 aliphatic heterocycles. The summed E-state index contributed by atoms with van der Waals surface area (Å²) in [5.74, 6) is 2.77. The van der Waals surface area contributed by atoms with E-state index in [-0.39, 0.29) is 0 Å². The van der Waals surface area contributed by atoms with Gasteiger partial charge in [-0.05, 0) is 13.8 Å². The fraction of sp³-hybridized carbons (Fsp3) is 0.222. The first kappa shape index (κ1) is 8.68. The van der Waals surface area contributed by atoms with Crippen LogP contribution < -0.4 is 5.73 Å². The largest absolute Gasteiger partial charge is 0.384 e. The Labute approximate surface area is 81.6 Å². The number of aromatic nitrogens is 4. The maximum Gasteiger partial charge on any atom is 0.143 e. The van der Waals surface area contributed by atoms with Gasteiger partial charge in [-0.25, -0.2) is 15.0 Å².